The number of methoxy groups -OCH3 is 1. The minimum Gasteiger partial charge on any atom is -0.497 e. The fourth-order valence-corrected chi connectivity index (χ4v) is 3.69. The molecule has 0 unspecified atom stereocenters. The van der Waals surface area contributed by atoms with Gasteiger partial charge in [-0.15, -0.1) is 0 Å². The quantitative estimate of drug-likeness (QED) is 0.534. The average Bonchev–Trinajstić information content (AvgIpc) is 2.96. The molecule has 6 heteroatoms. The predicted molar refractivity (Wildman–Crippen MR) is 121 cm³/mol. The van der Waals surface area contributed by atoms with Crippen molar-refractivity contribution in [3.63, 3.8) is 0 Å². The Balaban J connectivity index is 2.25. The third-order valence-electron chi connectivity index (χ3n) is 4.94. The number of aryl methyl sites for hydroxylation is 1. The second-order valence-corrected chi connectivity index (χ2v) is 8.61. The topological polar surface area (TPSA) is 70.3 Å². The molecule has 2 aromatic rings. The van der Waals surface area contributed by atoms with Crippen LogP contribution in [-0.2, 0) is 4.79 Å². The summed E-state index contributed by atoms with van der Waals surface area (Å²) in [5.74, 6) is 0.445. The summed E-state index contributed by atoms with van der Waals surface area (Å²) < 4.78 is 7.33. The Morgan fingerprint density at radius 2 is 1.90 bits per heavy atom. The van der Waals surface area contributed by atoms with Gasteiger partial charge in [-0.1, -0.05) is 13.8 Å². The predicted octanol–water partition coefficient (Wildman–Crippen LogP) is 3.71. The molecule has 1 heterocycles. The van der Waals surface area contributed by atoms with Gasteiger partial charge in [-0.3, -0.25) is 4.79 Å². The molecule has 6 nitrogen and oxygen atoms in total. The van der Waals surface area contributed by atoms with Crippen molar-refractivity contribution in [2.45, 2.75) is 27.7 Å². The van der Waals surface area contributed by atoms with E-state index in [2.05, 4.69) is 34.7 Å². The van der Waals surface area contributed by atoms with Gasteiger partial charge in [0.05, 0.1) is 7.11 Å². The Morgan fingerprint density at radius 1 is 1.27 bits per heavy atom. The standard InChI is InChI=1S/C24H32N4O2/c1-17-12-19(18(2)28(17)21-8-10-22(30-7)11-9-21)13-20(14-25)23(29)26-15-24(3,4)16-27(5)6/h8-13H,15-16H2,1-7H3,(H,26,29)/b20-13-. The van der Waals surface area contributed by atoms with Gasteiger partial charge in [0.1, 0.15) is 17.4 Å². The van der Waals surface area contributed by atoms with E-state index in [-0.39, 0.29) is 16.9 Å². The second kappa shape index (κ2) is 9.64. The summed E-state index contributed by atoms with van der Waals surface area (Å²) in [5.41, 5.74) is 3.84. The lowest BCUT2D eigenvalue weighted by Crippen LogP contribution is -2.40. The summed E-state index contributed by atoms with van der Waals surface area (Å²) in [7, 11) is 5.64. The van der Waals surface area contributed by atoms with Gasteiger partial charge >= 0.3 is 0 Å². The van der Waals surface area contributed by atoms with Crippen LogP contribution in [0, 0.1) is 30.6 Å². The van der Waals surface area contributed by atoms with E-state index >= 15 is 0 Å². The van der Waals surface area contributed by atoms with Crippen LogP contribution >= 0.6 is 0 Å². The number of benzene rings is 1. The number of ether oxygens (including phenoxy) is 1. The van der Waals surface area contributed by atoms with Crippen molar-refractivity contribution in [1.29, 1.82) is 5.26 Å². The monoisotopic (exact) mass is 408 g/mol. The number of hydrogen-bond acceptors (Lipinski definition) is 4. The number of rotatable bonds is 8. The van der Waals surface area contributed by atoms with Crippen LogP contribution in [0.1, 0.15) is 30.8 Å². The molecule has 0 aliphatic heterocycles. The second-order valence-electron chi connectivity index (χ2n) is 8.61. The Labute approximate surface area is 179 Å². The van der Waals surface area contributed by atoms with Crippen molar-refractivity contribution >= 4 is 12.0 Å². The molecule has 0 fully saturated rings. The Bertz CT molecular complexity index is 960. The fourth-order valence-electron chi connectivity index (χ4n) is 3.69. The Morgan fingerprint density at radius 3 is 2.43 bits per heavy atom. The largest absolute Gasteiger partial charge is 0.497 e. The van der Waals surface area contributed by atoms with Gasteiger partial charge in [0, 0.05) is 30.2 Å². The first-order valence-electron chi connectivity index (χ1n) is 9.96. The van der Waals surface area contributed by atoms with Gasteiger partial charge in [0.2, 0.25) is 0 Å². The molecule has 0 saturated heterocycles. The molecule has 2 rings (SSSR count). The maximum atomic E-state index is 12.6. The van der Waals surface area contributed by atoms with Crippen LogP contribution in [0.5, 0.6) is 5.75 Å². The molecule has 30 heavy (non-hydrogen) atoms. The molecular weight excluding hydrogens is 376 g/mol. The zero-order valence-corrected chi connectivity index (χ0v) is 19.0. The maximum absolute atomic E-state index is 12.6. The summed E-state index contributed by atoms with van der Waals surface area (Å²) in [6, 6.07) is 11.8. The molecule has 1 amide bonds. The van der Waals surface area contributed by atoms with Crippen LogP contribution in [0.2, 0.25) is 0 Å². The van der Waals surface area contributed by atoms with Crippen molar-refractivity contribution in [2.24, 2.45) is 5.41 Å². The minimum absolute atomic E-state index is 0.0933. The highest BCUT2D eigenvalue weighted by molar-refractivity contribution is 6.01. The fraction of sp³-hybridized carbons (Fsp3) is 0.417. The number of nitrogens with one attached hydrogen (secondary N) is 1. The molecule has 0 aliphatic rings. The summed E-state index contributed by atoms with van der Waals surface area (Å²) in [5, 5.41) is 12.5. The van der Waals surface area contributed by atoms with Crippen molar-refractivity contribution in [3.05, 3.63) is 52.9 Å². The van der Waals surface area contributed by atoms with Crippen LogP contribution in [0.3, 0.4) is 0 Å². The van der Waals surface area contributed by atoms with Crippen LogP contribution in [0.25, 0.3) is 11.8 Å². The minimum atomic E-state index is -0.349. The van der Waals surface area contributed by atoms with Gasteiger partial charge in [0.25, 0.3) is 5.91 Å². The Kier molecular flexibility index (Phi) is 7.47. The van der Waals surface area contributed by atoms with E-state index in [0.29, 0.717) is 6.54 Å². The highest BCUT2D eigenvalue weighted by Crippen LogP contribution is 2.24. The first-order valence-corrected chi connectivity index (χ1v) is 9.96. The van der Waals surface area contributed by atoms with E-state index in [9.17, 15) is 10.1 Å². The highest BCUT2D eigenvalue weighted by atomic mass is 16.5. The molecule has 0 atom stereocenters. The normalized spacial score (nSPS) is 12.0. The van der Waals surface area contributed by atoms with E-state index in [1.807, 2.05) is 58.3 Å². The molecule has 1 aromatic carbocycles. The molecular formula is C24H32N4O2. The van der Waals surface area contributed by atoms with E-state index < -0.39 is 0 Å². The molecule has 0 spiro atoms. The average molecular weight is 409 g/mol. The van der Waals surface area contributed by atoms with Crippen LogP contribution < -0.4 is 10.1 Å². The smallest absolute Gasteiger partial charge is 0.261 e. The molecule has 1 N–H and O–H groups in total. The number of carbonyl (C=O) groups is 1. The summed E-state index contributed by atoms with van der Waals surface area (Å²) in [4.78, 5) is 14.7. The molecule has 0 saturated carbocycles. The number of nitrogens with zero attached hydrogens (tertiary/aromatic N) is 3. The van der Waals surface area contributed by atoms with Crippen LogP contribution in [0.15, 0.2) is 35.9 Å². The Hall–Kier alpha value is -3.04. The molecule has 1 aromatic heterocycles. The summed E-state index contributed by atoms with van der Waals surface area (Å²) >= 11 is 0. The van der Waals surface area contributed by atoms with E-state index in [4.69, 9.17) is 4.74 Å². The maximum Gasteiger partial charge on any atom is 0.261 e. The van der Waals surface area contributed by atoms with Gasteiger partial charge < -0.3 is 19.5 Å². The molecule has 160 valence electrons. The van der Waals surface area contributed by atoms with Crippen molar-refractivity contribution in [2.75, 3.05) is 34.3 Å². The number of amides is 1. The first kappa shape index (κ1) is 23.2. The molecule has 0 radical (unpaired) electrons. The van der Waals surface area contributed by atoms with Gasteiger partial charge in [-0.25, -0.2) is 0 Å². The SMILES string of the molecule is COc1ccc(-n2c(C)cc(/C=C(/C#N)C(=O)NCC(C)(C)CN(C)C)c2C)cc1. The zero-order valence-electron chi connectivity index (χ0n) is 19.0. The number of hydrogen-bond donors (Lipinski definition) is 1. The molecule has 0 aliphatic carbocycles. The van der Waals surface area contributed by atoms with Crippen molar-refractivity contribution < 1.29 is 9.53 Å². The lowest BCUT2D eigenvalue weighted by atomic mass is 9.93. The number of carbonyl (C=O) groups excluding carboxylic acids is 1. The van der Waals surface area contributed by atoms with E-state index in [0.717, 1.165) is 34.9 Å². The van der Waals surface area contributed by atoms with Gasteiger partial charge in [-0.2, -0.15) is 5.26 Å². The summed E-state index contributed by atoms with van der Waals surface area (Å²) in [6.45, 7) is 9.49. The highest BCUT2D eigenvalue weighted by Gasteiger charge is 2.21. The first-order chi connectivity index (χ1) is 14.1. The third-order valence-corrected chi connectivity index (χ3v) is 4.94. The molecule has 0 bridgehead atoms. The number of nitriles is 1. The van der Waals surface area contributed by atoms with Crippen LogP contribution in [-0.4, -0.2) is 49.7 Å². The van der Waals surface area contributed by atoms with Crippen molar-refractivity contribution in [3.8, 4) is 17.5 Å². The van der Waals surface area contributed by atoms with E-state index in [1.54, 1.807) is 13.2 Å². The van der Waals surface area contributed by atoms with Crippen molar-refractivity contribution in [1.82, 2.24) is 14.8 Å². The van der Waals surface area contributed by atoms with Crippen LogP contribution in [0.4, 0.5) is 0 Å². The lowest BCUT2D eigenvalue weighted by Gasteiger charge is -2.28. The lowest BCUT2D eigenvalue weighted by molar-refractivity contribution is -0.117. The van der Waals surface area contributed by atoms with E-state index in [1.165, 1.54) is 0 Å². The zero-order chi connectivity index (χ0) is 22.5. The number of aromatic nitrogens is 1. The van der Waals surface area contributed by atoms with Gasteiger partial charge in [-0.05, 0) is 75.3 Å². The summed E-state index contributed by atoms with van der Waals surface area (Å²) in [6.07, 6.45) is 1.66. The third kappa shape index (κ3) is 5.74. The van der Waals surface area contributed by atoms with Gasteiger partial charge in [0.15, 0.2) is 0 Å².